The van der Waals surface area contributed by atoms with Gasteiger partial charge in [0.1, 0.15) is 6.61 Å². The van der Waals surface area contributed by atoms with E-state index in [0.717, 1.165) is 50.5 Å². The van der Waals surface area contributed by atoms with Gasteiger partial charge in [0.2, 0.25) is 0 Å². The van der Waals surface area contributed by atoms with E-state index < -0.39 is 12.8 Å². The van der Waals surface area contributed by atoms with Crippen LogP contribution in [-0.4, -0.2) is 45.5 Å². The van der Waals surface area contributed by atoms with Crippen LogP contribution >= 0.6 is 24.0 Å². The van der Waals surface area contributed by atoms with E-state index in [1.54, 1.807) is 19.2 Å². The summed E-state index contributed by atoms with van der Waals surface area (Å²) in [6.45, 7) is 3.59. The van der Waals surface area contributed by atoms with Gasteiger partial charge >= 0.3 is 6.18 Å². The van der Waals surface area contributed by atoms with Gasteiger partial charge in [-0.1, -0.05) is 24.3 Å². The molecule has 0 bridgehead atoms. The second-order valence-electron chi connectivity index (χ2n) is 6.10. The molecule has 0 aliphatic heterocycles. The van der Waals surface area contributed by atoms with Crippen molar-refractivity contribution in [2.45, 2.75) is 45.5 Å². The minimum absolute atomic E-state index is 0. The molecule has 1 aromatic carbocycles. The number of ether oxygens (including phenoxy) is 2. The number of guanidine groups is 1. The van der Waals surface area contributed by atoms with Crippen LogP contribution in [0.1, 0.15) is 37.3 Å². The van der Waals surface area contributed by atoms with Gasteiger partial charge in [-0.15, -0.1) is 24.0 Å². The normalized spacial score (nSPS) is 11.8. The Morgan fingerprint density at radius 3 is 2.32 bits per heavy atom. The molecule has 5 nitrogen and oxygen atoms in total. The molecule has 28 heavy (non-hydrogen) atoms. The Morgan fingerprint density at radius 2 is 1.71 bits per heavy atom. The Kier molecular flexibility index (Phi) is 15.2. The monoisotopic (exact) mass is 517 g/mol. The predicted octanol–water partition coefficient (Wildman–Crippen LogP) is 4.26. The van der Waals surface area contributed by atoms with Gasteiger partial charge in [-0.05, 0) is 37.3 Å². The molecule has 0 heterocycles. The Morgan fingerprint density at radius 1 is 1.04 bits per heavy atom. The summed E-state index contributed by atoms with van der Waals surface area (Å²) in [5.74, 6) is 0.752. The number of hydrogen-bond acceptors (Lipinski definition) is 3. The predicted molar refractivity (Wildman–Crippen MR) is 116 cm³/mol. The number of aliphatic imine (C=N–C) groups is 1. The maximum atomic E-state index is 12.1. The Hall–Kier alpha value is -1.07. The van der Waals surface area contributed by atoms with E-state index >= 15 is 0 Å². The van der Waals surface area contributed by atoms with Crippen LogP contribution in [0.4, 0.5) is 13.2 Å². The van der Waals surface area contributed by atoms with Crippen molar-refractivity contribution in [2.75, 3.05) is 33.4 Å². The van der Waals surface area contributed by atoms with E-state index in [9.17, 15) is 13.2 Å². The highest BCUT2D eigenvalue weighted by molar-refractivity contribution is 14.0. The molecule has 1 aromatic rings. The first-order chi connectivity index (χ1) is 12.9. The molecule has 0 atom stereocenters. The molecule has 0 fully saturated rings. The quantitative estimate of drug-likeness (QED) is 0.189. The van der Waals surface area contributed by atoms with Gasteiger partial charge in [-0.2, -0.15) is 13.2 Å². The fourth-order valence-electron chi connectivity index (χ4n) is 2.29. The van der Waals surface area contributed by atoms with E-state index in [2.05, 4.69) is 20.4 Å². The number of halogens is 4. The first-order valence-electron chi connectivity index (χ1n) is 9.18. The number of alkyl halides is 3. The molecule has 0 aromatic heterocycles. The van der Waals surface area contributed by atoms with Crippen molar-refractivity contribution in [2.24, 2.45) is 4.99 Å². The van der Waals surface area contributed by atoms with Gasteiger partial charge < -0.3 is 20.1 Å². The van der Waals surface area contributed by atoms with Crippen LogP contribution in [-0.2, 0) is 22.6 Å². The molecule has 9 heteroatoms. The summed E-state index contributed by atoms with van der Waals surface area (Å²) in [7, 11) is 1.70. The van der Waals surface area contributed by atoms with Gasteiger partial charge in [0, 0.05) is 26.8 Å². The highest BCUT2D eigenvalue weighted by atomic mass is 127. The summed E-state index contributed by atoms with van der Waals surface area (Å²) in [6, 6.07) is 7.23. The molecule has 0 saturated heterocycles. The topological polar surface area (TPSA) is 54.9 Å². The van der Waals surface area contributed by atoms with Crippen LogP contribution in [0, 0.1) is 0 Å². The maximum Gasteiger partial charge on any atom is 0.411 e. The highest BCUT2D eigenvalue weighted by Gasteiger charge is 2.27. The minimum atomic E-state index is -4.30. The molecule has 0 aliphatic carbocycles. The zero-order valence-corrected chi connectivity index (χ0v) is 18.8. The fourth-order valence-corrected chi connectivity index (χ4v) is 2.29. The average molecular weight is 517 g/mol. The van der Waals surface area contributed by atoms with Crippen LogP contribution in [0.25, 0.3) is 0 Å². The summed E-state index contributed by atoms with van der Waals surface area (Å²) in [5.41, 5.74) is 1.68. The van der Waals surface area contributed by atoms with Crippen molar-refractivity contribution in [3.05, 3.63) is 35.4 Å². The Balaban J connectivity index is 0.00000729. The van der Waals surface area contributed by atoms with Crippen molar-refractivity contribution >= 4 is 29.9 Å². The molecule has 0 radical (unpaired) electrons. The molecule has 0 spiro atoms. The summed E-state index contributed by atoms with van der Waals surface area (Å²) >= 11 is 0. The highest BCUT2D eigenvalue weighted by Crippen LogP contribution is 2.16. The van der Waals surface area contributed by atoms with Gasteiger partial charge in [0.25, 0.3) is 0 Å². The lowest BCUT2D eigenvalue weighted by Gasteiger charge is -2.11. The Labute approximate surface area is 182 Å². The first kappa shape index (κ1) is 26.9. The maximum absolute atomic E-state index is 12.1. The summed E-state index contributed by atoms with van der Waals surface area (Å²) in [4.78, 5) is 4.53. The standard InChI is InChI=1S/C19H30F3N3O2.HI/c1-3-23-18(24-11-5-4-6-12-26-2)25-13-16-7-9-17(10-8-16)14-27-15-19(20,21)22;/h7-10H,3-6,11-15H2,1-2H3,(H2,23,24,25);1H. The van der Waals surface area contributed by atoms with E-state index in [1.807, 2.05) is 19.1 Å². The van der Waals surface area contributed by atoms with Gasteiger partial charge in [-0.25, -0.2) is 4.99 Å². The van der Waals surface area contributed by atoms with Crippen LogP contribution in [0.15, 0.2) is 29.3 Å². The molecule has 0 saturated carbocycles. The fraction of sp³-hybridized carbons (Fsp3) is 0.632. The molecule has 0 unspecified atom stereocenters. The van der Waals surface area contributed by atoms with Crippen LogP contribution in [0.5, 0.6) is 0 Å². The van der Waals surface area contributed by atoms with E-state index in [-0.39, 0.29) is 30.6 Å². The molecular formula is C19H31F3IN3O2. The third-order valence-corrected chi connectivity index (χ3v) is 3.64. The third kappa shape index (κ3) is 14.0. The summed E-state index contributed by atoms with van der Waals surface area (Å²) in [6.07, 6.45) is -1.11. The molecule has 1 rings (SSSR count). The van der Waals surface area contributed by atoms with Crippen LogP contribution in [0.3, 0.4) is 0 Å². The smallest absolute Gasteiger partial charge is 0.385 e. The number of benzene rings is 1. The van der Waals surface area contributed by atoms with Crippen molar-refractivity contribution < 1.29 is 22.6 Å². The SMILES string of the molecule is CCNC(=NCc1ccc(COCC(F)(F)F)cc1)NCCCCCOC.I. The van der Waals surface area contributed by atoms with Crippen molar-refractivity contribution in [1.29, 1.82) is 0 Å². The van der Waals surface area contributed by atoms with Crippen LogP contribution < -0.4 is 10.6 Å². The van der Waals surface area contributed by atoms with E-state index in [0.29, 0.717) is 12.1 Å². The number of methoxy groups -OCH3 is 1. The number of nitrogens with zero attached hydrogens (tertiary/aromatic N) is 1. The van der Waals surface area contributed by atoms with Crippen LogP contribution in [0.2, 0.25) is 0 Å². The first-order valence-corrected chi connectivity index (χ1v) is 9.18. The van der Waals surface area contributed by atoms with Crippen molar-refractivity contribution in [3.63, 3.8) is 0 Å². The average Bonchev–Trinajstić information content (AvgIpc) is 2.62. The molecule has 0 aliphatic rings. The van der Waals surface area contributed by atoms with E-state index in [1.165, 1.54) is 0 Å². The lowest BCUT2D eigenvalue weighted by molar-refractivity contribution is -0.176. The lowest BCUT2D eigenvalue weighted by Crippen LogP contribution is -2.37. The second-order valence-corrected chi connectivity index (χ2v) is 6.10. The van der Waals surface area contributed by atoms with Gasteiger partial charge in [0.05, 0.1) is 13.2 Å². The molecule has 162 valence electrons. The largest absolute Gasteiger partial charge is 0.411 e. The van der Waals surface area contributed by atoms with Crippen molar-refractivity contribution in [1.82, 2.24) is 10.6 Å². The number of hydrogen-bond donors (Lipinski definition) is 2. The lowest BCUT2D eigenvalue weighted by atomic mass is 10.1. The molecule has 0 amide bonds. The van der Waals surface area contributed by atoms with Crippen molar-refractivity contribution in [3.8, 4) is 0 Å². The third-order valence-electron chi connectivity index (χ3n) is 3.64. The Bertz CT molecular complexity index is 540. The summed E-state index contributed by atoms with van der Waals surface area (Å²) < 4.78 is 45.9. The minimum Gasteiger partial charge on any atom is -0.385 e. The van der Waals surface area contributed by atoms with E-state index in [4.69, 9.17) is 4.74 Å². The molecular weight excluding hydrogens is 486 g/mol. The van der Waals surface area contributed by atoms with Gasteiger partial charge in [0.15, 0.2) is 5.96 Å². The zero-order chi connectivity index (χ0) is 20.0. The number of unbranched alkanes of at least 4 members (excludes halogenated alkanes) is 2. The summed E-state index contributed by atoms with van der Waals surface area (Å²) in [5, 5.41) is 6.49. The van der Waals surface area contributed by atoms with Gasteiger partial charge in [-0.3, -0.25) is 0 Å². The number of nitrogens with one attached hydrogen (secondary N) is 2. The number of rotatable bonds is 12. The zero-order valence-electron chi connectivity index (χ0n) is 16.5. The molecule has 2 N–H and O–H groups in total. The second kappa shape index (κ2) is 15.8.